The number of aliphatic carboxylic acids is 1. The molecule has 5 nitrogen and oxygen atoms in total. The molecular weight excluding hydrogens is 425 g/mol. The maximum atomic E-state index is 13.1. The minimum Gasteiger partial charge on any atom is -0.496 e. The molecule has 0 aromatic heterocycles. The first-order valence-corrected chi connectivity index (χ1v) is 8.02. The maximum absolute atomic E-state index is 13.1. The number of alkyl halides is 2. The molecule has 23 heavy (non-hydrogen) atoms. The number of rotatable bonds is 5. The van der Waals surface area contributed by atoms with E-state index >= 15 is 0 Å². The Labute approximate surface area is 145 Å². The average molecular weight is 440 g/mol. The molecule has 0 saturated carbocycles. The second kappa shape index (κ2) is 6.98. The number of fused-ring (bicyclic) bond motifs is 1. The lowest BCUT2D eigenvalue weighted by Crippen LogP contribution is -2.35. The van der Waals surface area contributed by atoms with Gasteiger partial charge in [0.25, 0.3) is 0 Å². The van der Waals surface area contributed by atoms with E-state index in [1.54, 1.807) is 0 Å². The number of hydrogen-bond acceptors (Lipinski definition) is 4. The van der Waals surface area contributed by atoms with Gasteiger partial charge in [-0.15, -0.1) is 0 Å². The van der Waals surface area contributed by atoms with Gasteiger partial charge in [-0.3, -0.25) is 0 Å². The van der Waals surface area contributed by atoms with Crippen LogP contribution in [0.5, 0.6) is 5.75 Å². The predicted octanol–water partition coefficient (Wildman–Crippen LogP) is 3.06. The molecule has 1 aromatic rings. The van der Waals surface area contributed by atoms with Crippen molar-refractivity contribution in [3.05, 3.63) is 26.3 Å². The van der Waals surface area contributed by atoms with Crippen LogP contribution in [0.4, 0.5) is 8.78 Å². The van der Waals surface area contributed by atoms with E-state index in [0.717, 1.165) is 34.0 Å². The van der Waals surface area contributed by atoms with Gasteiger partial charge in [0.05, 0.1) is 16.2 Å². The third-order valence-corrected chi connectivity index (χ3v) is 4.87. The normalized spacial score (nSPS) is 14.1. The van der Waals surface area contributed by atoms with Crippen molar-refractivity contribution in [1.82, 2.24) is 0 Å². The first kappa shape index (κ1) is 17.9. The molecule has 0 aliphatic heterocycles. The first-order chi connectivity index (χ1) is 10.8. The molecule has 0 bridgehead atoms. The van der Waals surface area contributed by atoms with E-state index < -0.39 is 24.5 Å². The zero-order valence-corrected chi connectivity index (χ0v) is 14.5. The highest BCUT2D eigenvalue weighted by atomic mass is 127. The van der Waals surface area contributed by atoms with Crippen LogP contribution < -0.4 is 4.74 Å². The minimum atomic E-state index is -4.11. The number of carboxylic acids is 1. The molecule has 1 aromatic carbocycles. The van der Waals surface area contributed by atoms with Crippen LogP contribution in [0.2, 0.25) is 0 Å². The Morgan fingerprint density at radius 1 is 1.30 bits per heavy atom. The highest BCUT2D eigenvalue weighted by Gasteiger charge is 2.41. The van der Waals surface area contributed by atoms with Crippen molar-refractivity contribution in [2.45, 2.75) is 31.6 Å². The van der Waals surface area contributed by atoms with Gasteiger partial charge in [0.15, 0.2) is 6.61 Å². The number of halogens is 3. The van der Waals surface area contributed by atoms with Crippen molar-refractivity contribution in [3.8, 4) is 5.75 Å². The predicted molar refractivity (Wildman–Crippen MR) is 85.2 cm³/mol. The summed E-state index contributed by atoms with van der Waals surface area (Å²) in [7, 11) is 1.46. The number of hydrogen-bond donors (Lipinski definition) is 1. The molecule has 0 radical (unpaired) electrons. The fourth-order valence-corrected chi connectivity index (χ4v) is 3.47. The lowest BCUT2D eigenvalue weighted by molar-refractivity contribution is -0.170. The van der Waals surface area contributed by atoms with Crippen molar-refractivity contribution in [3.63, 3.8) is 0 Å². The smallest absolute Gasteiger partial charge is 0.378 e. The summed E-state index contributed by atoms with van der Waals surface area (Å²) in [5, 5.41) is 8.37. The molecule has 0 heterocycles. The summed E-state index contributed by atoms with van der Waals surface area (Å²) in [6.07, 6.45) is 3.29. The number of carboxylic acid groups (broad SMARTS) is 1. The molecule has 0 atom stereocenters. The fourth-order valence-electron chi connectivity index (χ4n) is 2.50. The highest BCUT2D eigenvalue weighted by Crippen LogP contribution is 2.35. The van der Waals surface area contributed by atoms with Gasteiger partial charge < -0.3 is 14.6 Å². The molecule has 2 rings (SSSR count). The molecule has 1 aliphatic rings. The molecule has 0 spiro atoms. The number of ether oxygens (including phenoxy) is 2. The van der Waals surface area contributed by atoms with Crippen LogP contribution in [0.3, 0.4) is 0 Å². The van der Waals surface area contributed by atoms with Crippen LogP contribution in [0.1, 0.15) is 34.3 Å². The number of esters is 1. The van der Waals surface area contributed by atoms with Gasteiger partial charge in [-0.25, -0.2) is 9.59 Å². The number of carbonyl (C=O) groups excluding carboxylic acids is 1. The van der Waals surface area contributed by atoms with Crippen LogP contribution in [-0.4, -0.2) is 36.7 Å². The summed E-state index contributed by atoms with van der Waals surface area (Å²) in [5.74, 6) is -6.92. The third-order valence-electron chi connectivity index (χ3n) is 3.69. The van der Waals surface area contributed by atoms with Gasteiger partial charge in [0.1, 0.15) is 5.75 Å². The average Bonchev–Trinajstić information content (AvgIpc) is 2.53. The summed E-state index contributed by atoms with van der Waals surface area (Å²) < 4.78 is 36.8. The summed E-state index contributed by atoms with van der Waals surface area (Å²) in [5.41, 5.74) is 1.90. The molecule has 0 unspecified atom stereocenters. The van der Waals surface area contributed by atoms with Crippen LogP contribution >= 0.6 is 22.6 Å². The fraction of sp³-hybridized carbons (Fsp3) is 0.467. The molecule has 8 heteroatoms. The van der Waals surface area contributed by atoms with Crippen molar-refractivity contribution in [2.75, 3.05) is 13.7 Å². The largest absolute Gasteiger partial charge is 0.496 e. The van der Waals surface area contributed by atoms with Crippen molar-refractivity contribution < 1.29 is 33.0 Å². The number of benzene rings is 1. The zero-order valence-electron chi connectivity index (χ0n) is 12.3. The van der Waals surface area contributed by atoms with Crippen LogP contribution in [-0.2, 0) is 22.4 Å². The molecular formula is C15H15F2IO5. The maximum Gasteiger partial charge on any atom is 0.378 e. The van der Waals surface area contributed by atoms with Gasteiger partial charge in [-0.1, -0.05) is 0 Å². The number of methoxy groups -OCH3 is 1. The van der Waals surface area contributed by atoms with Crippen LogP contribution in [0, 0.1) is 3.57 Å². The Bertz CT molecular complexity index is 645. The molecule has 0 amide bonds. The van der Waals surface area contributed by atoms with Crippen LogP contribution in [0.15, 0.2) is 6.07 Å². The Kier molecular flexibility index (Phi) is 5.43. The Morgan fingerprint density at radius 2 is 1.91 bits per heavy atom. The molecule has 126 valence electrons. The summed E-state index contributed by atoms with van der Waals surface area (Å²) in [4.78, 5) is 22.5. The second-order valence-electron chi connectivity index (χ2n) is 5.19. The molecule has 1 aliphatic carbocycles. The SMILES string of the molecule is COc1cc(C(=O)OCC(F)(F)C(=O)O)c2c(c1I)CCCC2. The van der Waals surface area contributed by atoms with Crippen LogP contribution in [0.25, 0.3) is 0 Å². The number of carbonyl (C=O) groups is 2. The molecule has 0 fully saturated rings. The van der Waals surface area contributed by atoms with E-state index in [4.69, 9.17) is 9.84 Å². The van der Waals surface area contributed by atoms with Gasteiger partial charge in [0, 0.05) is 0 Å². The van der Waals surface area contributed by atoms with E-state index in [1.807, 2.05) is 0 Å². The Balaban J connectivity index is 2.31. The third kappa shape index (κ3) is 3.73. The van der Waals surface area contributed by atoms with E-state index in [9.17, 15) is 18.4 Å². The van der Waals surface area contributed by atoms with Crippen molar-refractivity contribution in [2.24, 2.45) is 0 Å². The zero-order chi connectivity index (χ0) is 17.2. The minimum absolute atomic E-state index is 0.165. The Morgan fingerprint density at radius 3 is 2.48 bits per heavy atom. The van der Waals surface area contributed by atoms with Gasteiger partial charge >= 0.3 is 17.9 Å². The highest BCUT2D eigenvalue weighted by molar-refractivity contribution is 14.1. The molecule has 1 N–H and O–H groups in total. The summed E-state index contributed by atoms with van der Waals surface area (Å²) in [6.45, 7) is -1.50. The first-order valence-electron chi connectivity index (χ1n) is 6.94. The lowest BCUT2D eigenvalue weighted by atomic mass is 9.88. The van der Waals surface area contributed by atoms with E-state index in [1.165, 1.54) is 13.2 Å². The van der Waals surface area contributed by atoms with Gasteiger partial charge in [-0.2, -0.15) is 8.78 Å². The quantitative estimate of drug-likeness (QED) is 0.563. The monoisotopic (exact) mass is 440 g/mol. The van der Waals surface area contributed by atoms with E-state index in [2.05, 4.69) is 27.3 Å². The van der Waals surface area contributed by atoms with Crippen molar-refractivity contribution >= 4 is 34.5 Å². The van der Waals surface area contributed by atoms with Gasteiger partial charge in [0.2, 0.25) is 0 Å². The van der Waals surface area contributed by atoms with Gasteiger partial charge in [-0.05, 0) is 65.5 Å². The van der Waals surface area contributed by atoms with E-state index in [0.29, 0.717) is 12.2 Å². The topological polar surface area (TPSA) is 72.8 Å². The van der Waals surface area contributed by atoms with Crippen molar-refractivity contribution in [1.29, 1.82) is 0 Å². The van der Waals surface area contributed by atoms with E-state index in [-0.39, 0.29) is 5.56 Å². The molecule has 0 saturated heterocycles. The summed E-state index contributed by atoms with van der Waals surface area (Å²) >= 11 is 2.13. The Hall–Kier alpha value is -1.45. The summed E-state index contributed by atoms with van der Waals surface area (Å²) in [6, 6.07) is 1.47. The lowest BCUT2D eigenvalue weighted by Gasteiger charge is -2.22. The standard InChI is InChI=1S/C15H15F2IO5/c1-22-11-6-10(8-4-2-3-5-9(8)12(11)18)13(19)23-7-15(16,17)14(20)21/h6H,2-5,7H2,1H3,(H,20,21). The second-order valence-corrected chi connectivity index (χ2v) is 6.27.